The molecule has 0 spiro atoms. The number of nitrogens with one attached hydrogen (secondary N) is 1. The van der Waals surface area contributed by atoms with E-state index in [2.05, 4.69) is 5.32 Å². The molecule has 0 bridgehead atoms. The number of benzene rings is 2. The molecule has 0 saturated carbocycles. The van der Waals surface area contributed by atoms with Crippen molar-refractivity contribution in [2.75, 3.05) is 24.8 Å². The Hall–Kier alpha value is -2.69. The number of nitrogen functional groups attached to an aromatic ring is 1. The lowest BCUT2D eigenvalue weighted by Crippen LogP contribution is -2.20. The number of rotatable bonds is 5. The summed E-state index contributed by atoms with van der Waals surface area (Å²) in [6.07, 6.45) is 0. The highest BCUT2D eigenvalue weighted by atomic mass is 16.5. The van der Waals surface area contributed by atoms with Crippen molar-refractivity contribution in [3.63, 3.8) is 0 Å². The van der Waals surface area contributed by atoms with Gasteiger partial charge in [0.15, 0.2) is 18.1 Å². The van der Waals surface area contributed by atoms with Crippen LogP contribution in [0.5, 0.6) is 11.5 Å². The lowest BCUT2D eigenvalue weighted by atomic mass is 10.2. The molecule has 5 nitrogen and oxygen atoms in total. The van der Waals surface area contributed by atoms with Gasteiger partial charge in [-0.25, -0.2) is 0 Å². The molecule has 2 aromatic carbocycles. The van der Waals surface area contributed by atoms with Crippen molar-refractivity contribution in [1.29, 1.82) is 0 Å². The molecule has 110 valence electrons. The fraction of sp³-hybridized carbons (Fsp3) is 0.188. The number of methoxy groups -OCH3 is 1. The van der Waals surface area contributed by atoms with Crippen LogP contribution in [0.1, 0.15) is 5.56 Å². The summed E-state index contributed by atoms with van der Waals surface area (Å²) < 4.78 is 10.6. The first kappa shape index (κ1) is 14.7. The minimum absolute atomic E-state index is 0.103. The summed E-state index contributed by atoms with van der Waals surface area (Å²) >= 11 is 0. The summed E-state index contributed by atoms with van der Waals surface area (Å²) in [7, 11) is 1.52. The first-order valence-electron chi connectivity index (χ1n) is 6.51. The monoisotopic (exact) mass is 286 g/mol. The fourth-order valence-corrected chi connectivity index (χ4v) is 1.87. The number of carbonyl (C=O) groups excluding carboxylic acids is 1. The number of nitrogens with two attached hydrogens (primary N) is 1. The van der Waals surface area contributed by atoms with Crippen LogP contribution in [0, 0.1) is 6.92 Å². The van der Waals surface area contributed by atoms with Gasteiger partial charge in [-0.1, -0.05) is 12.1 Å². The van der Waals surface area contributed by atoms with Gasteiger partial charge in [0, 0.05) is 17.4 Å². The average Bonchev–Trinajstić information content (AvgIpc) is 2.45. The minimum atomic E-state index is -0.237. The van der Waals surface area contributed by atoms with Gasteiger partial charge in [0.2, 0.25) is 0 Å². The lowest BCUT2D eigenvalue weighted by Gasteiger charge is -2.11. The summed E-state index contributed by atoms with van der Waals surface area (Å²) in [4.78, 5) is 11.9. The molecule has 0 unspecified atom stereocenters. The zero-order chi connectivity index (χ0) is 15.2. The molecular weight excluding hydrogens is 268 g/mol. The average molecular weight is 286 g/mol. The largest absolute Gasteiger partial charge is 0.493 e. The molecule has 3 N–H and O–H groups in total. The number of carbonyl (C=O) groups is 1. The predicted molar refractivity (Wildman–Crippen MR) is 82.7 cm³/mol. The fourth-order valence-electron chi connectivity index (χ4n) is 1.87. The van der Waals surface area contributed by atoms with Crippen molar-refractivity contribution in [2.24, 2.45) is 0 Å². The summed E-state index contributed by atoms with van der Waals surface area (Å²) in [5.41, 5.74) is 8.05. The number of hydrogen-bond acceptors (Lipinski definition) is 4. The van der Waals surface area contributed by atoms with Crippen LogP contribution in [-0.2, 0) is 4.79 Å². The first-order valence-corrected chi connectivity index (χ1v) is 6.51. The van der Waals surface area contributed by atoms with E-state index < -0.39 is 0 Å². The number of aryl methyl sites for hydroxylation is 1. The molecule has 0 saturated heterocycles. The molecular formula is C16H18N2O3. The van der Waals surface area contributed by atoms with Gasteiger partial charge in [0.05, 0.1) is 7.11 Å². The van der Waals surface area contributed by atoms with E-state index in [0.29, 0.717) is 17.2 Å². The molecule has 2 aromatic rings. The summed E-state index contributed by atoms with van der Waals surface area (Å²) in [5, 5.41) is 2.77. The molecule has 0 heterocycles. The maximum atomic E-state index is 11.9. The van der Waals surface area contributed by atoms with E-state index in [1.54, 1.807) is 18.2 Å². The summed E-state index contributed by atoms with van der Waals surface area (Å²) in [5.74, 6) is 0.740. The molecule has 0 radical (unpaired) electrons. The highest BCUT2D eigenvalue weighted by Gasteiger charge is 2.08. The van der Waals surface area contributed by atoms with Crippen molar-refractivity contribution < 1.29 is 14.3 Å². The summed E-state index contributed by atoms with van der Waals surface area (Å²) in [6, 6.07) is 12.6. The van der Waals surface area contributed by atoms with Gasteiger partial charge >= 0.3 is 0 Å². The molecule has 1 amide bonds. The molecule has 0 aliphatic rings. The van der Waals surface area contributed by atoms with E-state index in [1.165, 1.54) is 7.11 Å². The smallest absolute Gasteiger partial charge is 0.262 e. The van der Waals surface area contributed by atoms with E-state index in [1.807, 2.05) is 31.2 Å². The second-order valence-electron chi connectivity index (χ2n) is 4.62. The number of anilines is 2. The Kier molecular flexibility index (Phi) is 4.66. The molecule has 0 atom stereocenters. The maximum Gasteiger partial charge on any atom is 0.262 e. The Morgan fingerprint density at radius 1 is 1.19 bits per heavy atom. The predicted octanol–water partition coefficient (Wildman–Crippen LogP) is 2.60. The first-order chi connectivity index (χ1) is 10.1. The van der Waals surface area contributed by atoms with Crippen LogP contribution in [0.25, 0.3) is 0 Å². The molecule has 0 aromatic heterocycles. The van der Waals surface area contributed by atoms with Crippen LogP contribution >= 0.6 is 0 Å². The van der Waals surface area contributed by atoms with Crippen molar-refractivity contribution in [3.8, 4) is 11.5 Å². The molecule has 5 heteroatoms. The van der Waals surface area contributed by atoms with Crippen LogP contribution in [0.4, 0.5) is 11.4 Å². The molecule has 0 aliphatic carbocycles. The highest BCUT2D eigenvalue weighted by Crippen LogP contribution is 2.28. The Labute approximate surface area is 123 Å². The van der Waals surface area contributed by atoms with E-state index in [9.17, 15) is 4.79 Å². The molecule has 0 aliphatic heterocycles. The van der Waals surface area contributed by atoms with Crippen molar-refractivity contribution in [3.05, 3.63) is 48.0 Å². The quantitative estimate of drug-likeness (QED) is 0.829. The Morgan fingerprint density at radius 3 is 2.71 bits per heavy atom. The lowest BCUT2D eigenvalue weighted by molar-refractivity contribution is -0.118. The van der Waals surface area contributed by atoms with Crippen LogP contribution in [0.2, 0.25) is 0 Å². The third-order valence-electron chi connectivity index (χ3n) is 2.85. The van der Waals surface area contributed by atoms with E-state index >= 15 is 0 Å². The zero-order valence-corrected chi connectivity index (χ0v) is 12.1. The third kappa shape index (κ3) is 4.14. The van der Waals surface area contributed by atoms with E-state index in [4.69, 9.17) is 15.2 Å². The number of ether oxygens (including phenoxy) is 2. The second kappa shape index (κ2) is 6.65. The Bertz CT molecular complexity index is 641. The van der Waals surface area contributed by atoms with Gasteiger partial charge in [0.25, 0.3) is 5.91 Å². The standard InChI is InChI=1S/C16H18N2O3/c1-11-4-3-5-13(8-11)18-16(19)10-21-14-7-6-12(17)9-15(14)20-2/h3-9H,10,17H2,1-2H3,(H,18,19). The Balaban J connectivity index is 1.95. The van der Waals surface area contributed by atoms with Gasteiger partial charge < -0.3 is 20.5 Å². The highest BCUT2D eigenvalue weighted by molar-refractivity contribution is 5.92. The minimum Gasteiger partial charge on any atom is -0.493 e. The molecule has 21 heavy (non-hydrogen) atoms. The van der Waals surface area contributed by atoms with Gasteiger partial charge in [-0.05, 0) is 36.8 Å². The summed E-state index contributed by atoms with van der Waals surface area (Å²) in [6.45, 7) is 1.86. The van der Waals surface area contributed by atoms with Crippen LogP contribution in [0.15, 0.2) is 42.5 Å². The Morgan fingerprint density at radius 2 is 2.00 bits per heavy atom. The number of hydrogen-bond donors (Lipinski definition) is 2. The van der Waals surface area contributed by atoms with Gasteiger partial charge in [-0.3, -0.25) is 4.79 Å². The molecule has 0 fully saturated rings. The zero-order valence-electron chi connectivity index (χ0n) is 12.1. The van der Waals surface area contributed by atoms with E-state index in [-0.39, 0.29) is 12.5 Å². The topological polar surface area (TPSA) is 73.6 Å². The van der Waals surface area contributed by atoms with Gasteiger partial charge in [-0.15, -0.1) is 0 Å². The SMILES string of the molecule is COc1cc(N)ccc1OCC(=O)Nc1cccc(C)c1. The van der Waals surface area contributed by atoms with Gasteiger partial charge in [0.1, 0.15) is 0 Å². The van der Waals surface area contributed by atoms with Crippen LogP contribution < -0.4 is 20.5 Å². The normalized spacial score (nSPS) is 10.0. The second-order valence-corrected chi connectivity index (χ2v) is 4.62. The van der Waals surface area contributed by atoms with E-state index in [0.717, 1.165) is 11.3 Å². The van der Waals surface area contributed by atoms with Crippen molar-refractivity contribution in [1.82, 2.24) is 0 Å². The van der Waals surface area contributed by atoms with Crippen LogP contribution in [-0.4, -0.2) is 19.6 Å². The third-order valence-corrected chi connectivity index (χ3v) is 2.85. The van der Waals surface area contributed by atoms with Crippen molar-refractivity contribution >= 4 is 17.3 Å². The van der Waals surface area contributed by atoms with Gasteiger partial charge in [-0.2, -0.15) is 0 Å². The van der Waals surface area contributed by atoms with Crippen molar-refractivity contribution in [2.45, 2.75) is 6.92 Å². The van der Waals surface area contributed by atoms with Crippen LogP contribution in [0.3, 0.4) is 0 Å². The molecule has 2 rings (SSSR count). The maximum absolute atomic E-state index is 11.9. The number of amides is 1.